The number of aromatic nitrogens is 2. The van der Waals surface area contributed by atoms with Crippen LogP contribution in [0.25, 0.3) is 17.1 Å². The first-order valence-electron chi connectivity index (χ1n) is 6.95. The molecule has 0 aliphatic carbocycles. The van der Waals surface area contributed by atoms with E-state index in [9.17, 15) is 4.79 Å². The van der Waals surface area contributed by atoms with Crippen LogP contribution in [0.15, 0.2) is 48.5 Å². The largest absolute Gasteiger partial charge is 0.287 e. The molecule has 0 fully saturated rings. The van der Waals surface area contributed by atoms with Gasteiger partial charge >= 0.3 is 0 Å². The fourth-order valence-corrected chi connectivity index (χ4v) is 2.50. The van der Waals surface area contributed by atoms with Crippen molar-refractivity contribution < 1.29 is 4.79 Å². The van der Waals surface area contributed by atoms with Crippen molar-refractivity contribution >= 4 is 46.1 Å². The third kappa shape index (κ3) is 3.41. The lowest BCUT2D eigenvalue weighted by Gasteiger charge is -2.03. The number of benzene rings is 2. The molecule has 0 atom stereocenters. The second-order valence-corrected chi connectivity index (χ2v) is 5.83. The smallest absolute Gasteiger partial charge is 0.206 e. The van der Waals surface area contributed by atoms with E-state index in [1.165, 1.54) is 6.08 Å². The lowest BCUT2D eigenvalue weighted by Crippen LogP contribution is -2.04. The van der Waals surface area contributed by atoms with Crippen LogP contribution < -0.4 is 0 Å². The van der Waals surface area contributed by atoms with Gasteiger partial charge in [0.25, 0.3) is 0 Å². The highest BCUT2D eigenvalue weighted by molar-refractivity contribution is 6.42. The summed E-state index contributed by atoms with van der Waals surface area (Å²) in [6.45, 7) is 1.78. The zero-order valence-corrected chi connectivity index (χ0v) is 13.8. The lowest BCUT2D eigenvalue weighted by atomic mass is 10.1. The van der Waals surface area contributed by atoms with Gasteiger partial charge in [0.2, 0.25) is 5.78 Å². The molecule has 0 saturated heterocycles. The molecule has 0 saturated carbocycles. The maximum atomic E-state index is 12.4. The number of nitrogens with zero attached hydrogens (tertiary/aromatic N) is 2. The lowest BCUT2D eigenvalue weighted by molar-refractivity contribution is 0.104. The van der Waals surface area contributed by atoms with Crippen molar-refractivity contribution in [2.24, 2.45) is 0 Å². The highest BCUT2D eigenvalue weighted by Gasteiger charge is 2.11. The van der Waals surface area contributed by atoms with Crippen molar-refractivity contribution in [3.8, 4) is 0 Å². The van der Waals surface area contributed by atoms with Crippen LogP contribution in [0.2, 0.25) is 10.0 Å². The van der Waals surface area contributed by atoms with Gasteiger partial charge in [-0.25, -0.2) is 9.97 Å². The fraction of sp³-hybridized carbons (Fsp3) is 0.0556. The number of allylic oxidation sites excluding steroid dienone is 1. The van der Waals surface area contributed by atoms with Crippen LogP contribution in [-0.4, -0.2) is 15.8 Å². The number of ketones is 1. The Bertz CT molecular complexity index is 935. The molecular formula is C18H12Cl2N2O. The van der Waals surface area contributed by atoms with Crippen molar-refractivity contribution in [2.45, 2.75) is 6.92 Å². The molecule has 0 spiro atoms. The van der Waals surface area contributed by atoms with E-state index in [0.29, 0.717) is 26.9 Å². The van der Waals surface area contributed by atoms with Crippen molar-refractivity contribution in [2.75, 3.05) is 0 Å². The van der Waals surface area contributed by atoms with Gasteiger partial charge in [-0.2, -0.15) is 0 Å². The molecule has 3 rings (SSSR count). The van der Waals surface area contributed by atoms with Crippen LogP contribution in [-0.2, 0) is 0 Å². The Morgan fingerprint density at radius 1 is 1.00 bits per heavy atom. The van der Waals surface area contributed by atoms with Crippen molar-refractivity contribution in [3.05, 3.63) is 75.5 Å². The number of carbonyl (C=O) groups is 1. The van der Waals surface area contributed by atoms with E-state index >= 15 is 0 Å². The number of aryl methyl sites for hydroxylation is 1. The summed E-state index contributed by atoms with van der Waals surface area (Å²) >= 11 is 11.8. The first kappa shape index (κ1) is 15.7. The van der Waals surface area contributed by atoms with Gasteiger partial charge in [-0.1, -0.05) is 47.5 Å². The van der Waals surface area contributed by atoms with E-state index in [1.807, 2.05) is 24.3 Å². The molecule has 114 valence electrons. The van der Waals surface area contributed by atoms with Crippen LogP contribution in [0.3, 0.4) is 0 Å². The number of para-hydroxylation sites is 2. The monoisotopic (exact) mass is 342 g/mol. The Balaban J connectivity index is 1.92. The first-order chi connectivity index (χ1) is 11.0. The molecule has 0 unspecified atom stereocenters. The quantitative estimate of drug-likeness (QED) is 0.488. The Kier molecular flexibility index (Phi) is 4.42. The van der Waals surface area contributed by atoms with E-state index < -0.39 is 0 Å². The SMILES string of the molecule is Cc1nc2ccccc2nc1C(=O)/C=C/c1ccc(Cl)c(Cl)c1. The topological polar surface area (TPSA) is 42.9 Å². The fourth-order valence-electron chi connectivity index (χ4n) is 2.19. The maximum Gasteiger partial charge on any atom is 0.206 e. The standard InChI is InChI=1S/C18H12Cl2N2O/c1-11-18(22-16-5-3-2-4-15(16)21-11)17(23)9-7-12-6-8-13(19)14(20)10-12/h2-10H,1H3/b9-7+. The Hall–Kier alpha value is -2.23. The molecule has 1 aromatic heterocycles. The molecule has 0 bridgehead atoms. The van der Waals surface area contributed by atoms with Gasteiger partial charge in [-0.15, -0.1) is 0 Å². The van der Waals surface area contributed by atoms with Crippen LogP contribution in [0, 0.1) is 6.92 Å². The third-order valence-electron chi connectivity index (χ3n) is 3.35. The summed E-state index contributed by atoms with van der Waals surface area (Å²) in [7, 11) is 0. The summed E-state index contributed by atoms with van der Waals surface area (Å²) in [6.07, 6.45) is 3.15. The van der Waals surface area contributed by atoms with Gasteiger partial charge in [0, 0.05) is 0 Å². The second kappa shape index (κ2) is 6.49. The van der Waals surface area contributed by atoms with Crippen molar-refractivity contribution in [1.29, 1.82) is 0 Å². The van der Waals surface area contributed by atoms with Gasteiger partial charge in [-0.3, -0.25) is 4.79 Å². The number of carbonyl (C=O) groups excluding carboxylic acids is 1. The predicted molar refractivity (Wildman–Crippen MR) is 94.1 cm³/mol. The van der Waals surface area contributed by atoms with E-state index in [-0.39, 0.29) is 5.78 Å². The minimum atomic E-state index is -0.202. The molecule has 0 amide bonds. The van der Waals surface area contributed by atoms with Crippen LogP contribution in [0.1, 0.15) is 21.7 Å². The van der Waals surface area contributed by atoms with E-state index in [0.717, 1.165) is 11.1 Å². The summed E-state index contributed by atoms with van der Waals surface area (Å²) < 4.78 is 0. The average Bonchev–Trinajstić information content (AvgIpc) is 2.55. The number of hydrogen-bond donors (Lipinski definition) is 0. The highest BCUT2D eigenvalue weighted by Crippen LogP contribution is 2.23. The molecular weight excluding hydrogens is 331 g/mol. The Morgan fingerprint density at radius 3 is 2.39 bits per heavy atom. The molecule has 5 heteroatoms. The van der Waals surface area contributed by atoms with Crippen molar-refractivity contribution in [3.63, 3.8) is 0 Å². The highest BCUT2D eigenvalue weighted by atomic mass is 35.5. The van der Waals surface area contributed by atoms with Crippen LogP contribution in [0.4, 0.5) is 0 Å². The summed E-state index contributed by atoms with van der Waals surface area (Å²) in [5.74, 6) is -0.202. The zero-order valence-electron chi connectivity index (χ0n) is 12.3. The maximum absolute atomic E-state index is 12.4. The number of fused-ring (bicyclic) bond motifs is 1. The van der Waals surface area contributed by atoms with Crippen LogP contribution in [0.5, 0.6) is 0 Å². The first-order valence-corrected chi connectivity index (χ1v) is 7.71. The minimum Gasteiger partial charge on any atom is -0.287 e. The average molecular weight is 343 g/mol. The third-order valence-corrected chi connectivity index (χ3v) is 4.09. The molecule has 0 radical (unpaired) electrons. The zero-order chi connectivity index (χ0) is 16.4. The second-order valence-electron chi connectivity index (χ2n) is 5.02. The normalized spacial score (nSPS) is 11.3. The van der Waals surface area contributed by atoms with E-state index in [4.69, 9.17) is 23.2 Å². The molecule has 3 aromatic rings. The van der Waals surface area contributed by atoms with E-state index in [1.54, 1.807) is 31.2 Å². The predicted octanol–water partition coefficient (Wildman–Crippen LogP) is 5.14. The van der Waals surface area contributed by atoms with Crippen LogP contribution >= 0.6 is 23.2 Å². The molecule has 0 aliphatic rings. The summed E-state index contributed by atoms with van der Waals surface area (Å²) in [5, 5.41) is 0.925. The number of rotatable bonds is 3. The Labute approximate surface area is 143 Å². The molecule has 3 nitrogen and oxygen atoms in total. The summed E-state index contributed by atoms with van der Waals surface area (Å²) in [5.41, 5.74) is 3.21. The number of hydrogen-bond acceptors (Lipinski definition) is 3. The molecule has 23 heavy (non-hydrogen) atoms. The molecule has 0 aliphatic heterocycles. The molecule has 0 N–H and O–H groups in total. The van der Waals surface area contributed by atoms with Crippen molar-refractivity contribution in [1.82, 2.24) is 9.97 Å². The van der Waals surface area contributed by atoms with Gasteiger partial charge in [0.05, 0.1) is 26.8 Å². The molecule has 1 heterocycles. The Morgan fingerprint density at radius 2 is 1.70 bits per heavy atom. The molecule has 2 aromatic carbocycles. The minimum absolute atomic E-state index is 0.202. The van der Waals surface area contributed by atoms with E-state index in [2.05, 4.69) is 9.97 Å². The summed E-state index contributed by atoms with van der Waals surface area (Å²) in [6, 6.07) is 12.6. The van der Waals surface area contributed by atoms with Gasteiger partial charge in [0.15, 0.2) is 0 Å². The number of halogens is 2. The van der Waals surface area contributed by atoms with Gasteiger partial charge < -0.3 is 0 Å². The summed E-state index contributed by atoms with van der Waals surface area (Å²) in [4.78, 5) is 21.2. The van der Waals surface area contributed by atoms with Gasteiger partial charge in [0.1, 0.15) is 5.69 Å². The van der Waals surface area contributed by atoms with Gasteiger partial charge in [-0.05, 0) is 42.8 Å².